The van der Waals surface area contributed by atoms with E-state index in [1.165, 1.54) is 11.8 Å². The normalized spacial score (nSPS) is 22.4. The lowest BCUT2D eigenvalue weighted by Crippen LogP contribution is -2.69. The van der Waals surface area contributed by atoms with Crippen molar-refractivity contribution in [3.05, 3.63) is 47.4 Å². The first-order valence-corrected chi connectivity index (χ1v) is 15.3. The average Bonchev–Trinajstić information content (AvgIpc) is 3.31. The predicted octanol–water partition coefficient (Wildman–Crippen LogP) is 4.78. The smallest absolute Gasteiger partial charge is 0.365 e. The summed E-state index contributed by atoms with van der Waals surface area (Å²) in [6.45, 7) is 14.4. The zero-order valence-corrected chi connectivity index (χ0v) is 25.3. The predicted molar refractivity (Wildman–Crippen MR) is 159 cm³/mol. The summed E-state index contributed by atoms with van der Waals surface area (Å²) in [4.78, 5) is 24.8. The molecule has 2 aromatic heterocycles. The zero-order chi connectivity index (χ0) is 30.2. The number of rotatable bonds is 8. The first-order valence-electron chi connectivity index (χ1n) is 15.3. The second-order valence-corrected chi connectivity index (χ2v) is 11.9. The van der Waals surface area contributed by atoms with Crippen LogP contribution in [0.2, 0.25) is 0 Å². The van der Waals surface area contributed by atoms with Crippen LogP contribution in [0, 0.1) is 6.92 Å². The van der Waals surface area contributed by atoms with Crippen molar-refractivity contribution < 1.29 is 18.0 Å². The third-order valence-corrected chi connectivity index (χ3v) is 9.48. The molecule has 0 saturated carbocycles. The van der Waals surface area contributed by atoms with Crippen LogP contribution in [0.15, 0.2) is 24.9 Å². The molecule has 42 heavy (non-hydrogen) atoms. The Morgan fingerprint density at radius 2 is 1.81 bits per heavy atom. The van der Waals surface area contributed by atoms with E-state index in [0.717, 1.165) is 44.3 Å². The van der Waals surface area contributed by atoms with Gasteiger partial charge >= 0.3 is 6.18 Å². The van der Waals surface area contributed by atoms with Gasteiger partial charge in [0.25, 0.3) is 0 Å². The van der Waals surface area contributed by atoms with Gasteiger partial charge in [-0.1, -0.05) is 26.8 Å². The van der Waals surface area contributed by atoms with Crippen LogP contribution < -0.4 is 9.80 Å². The van der Waals surface area contributed by atoms with Crippen LogP contribution in [0.5, 0.6) is 0 Å². The molecule has 0 N–H and O–H groups in total. The van der Waals surface area contributed by atoms with E-state index in [1.807, 2.05) is 33.8 Å². The Kier molecular flexibility index (Phi) is 8.87. The lowest BCUT2D eigenvalue weighted by atomic mass is 9.88. The summed E-state index contributed by atoms with van der Waals surface area (Å²) in [5, 5.41) is 4.39. The number of aryl methyl sites for hydroxylation is 2. The molecule has 2 aromatic rings. The van der Waals surface area contributed by atoms with Crippen molar-refractivity contribution in [2.24, 2.45) is 7.05 Å². The number of amides is 1. The Hall–Kier alpha value is -3.08. The second kappa shape index (κ2) is 12.3. The van der Waals surface area contributed by atoms with E-state index in [0.29, 0.717) is 50.1 Å². The third kappa shape index (κ3) is 5.76. The van der Waals surface area contributed by atoms with Crippen molar-refractivity contribution >= 4 is 17.4 Å². The van der Waals surface area contributed by atoms with Crippen LogP contribution in [0.4, 0.5) is 24.7 Å². The molecule has 3 fully saturated rings. The largest absolute Gasteiger partial charge is 0.433 e. The molecule has 0 spiro atoms. The van der Waals surface area contributed by atoms with Crippen LogP contribution in [-0.2, 0) is 24.4 Å². The highest BCUT2D eigenvalue weighted by Gasteiger charge is 2.45. The molecule has 2 atom stereocenters. The fraction of sp³-hybridized carbons (Fsp3) is 0.645. The number of carbonyl (C=O) groups is 1. The highest BCUT2D eigenvalue weighted by atomic mass is 19.4. The number of aromatic nitrogens is 3. The number of pyridine rings is 1. The van der Waals surface area contributed by atoms with E-state index in [4.69, 9.17) is 0 Å². The van der Waals surface area contributed by atoms with Gasteiger partial charge in [0.05, 0.1) is 6.20 Å². The van der Waals surface area contributed by atoms with E-state index in [-0.39, 0.29) is 30.0 Å². The fourth-order valence-electron chi connectivity index (χ4n) is 7.28. The second-order valence-electron chi connectivity index (χ2n) is 11.9. The maximum atomic E-state index is 14.5. The molecule has 8 nitrogen and oxygen atoms in total. The molecule has 3 aliphatic rings. The number of nitrogens with zero attached hydrogens (tertiary/aromatic N) is 7. The molecule has 0 radical (unpaired) electrons. The van der Waals surface area contributed by atoms with Crippen LogP contribution in [0.3, 0.4) is 0 Å². The lowest BCUT2D eigenvalue weighted by molar-refractivity contribution is -0.141. The van der Waals surface area contributed by atoms with Crippen LogP contribution >= 0.6 is 0 Å². The van der Waals surface area contributed by atoms with E-state index in [2.05, 4.69) is 40.3 Å². The van der Waals surface area contributed by atoms with Gasteiger partial charge in [-0.15, -0.1) is 0 Å². The first kappa shape index (κ1) is 30.4. The van der Waals surface area contributed by atoms with Crippen molar-refractivity contribution in [1.29, 1.82) is 0 Å². The first-order chi connectivity index (χ1) is 20.1. The number of hydrogen-bond acceptors (Lipinski definition) is 6. The van der Waals surface area contributed by atoms with E-state index >= 15 is 0 Å². The number of alkyl halides is 3. The summed E-state index contributed by atoms with van der Waals surface area (Å²) in [7, 11) is 1.95. The molecular formula is C31H44F3N7O. The summed E-state index contributed by atoms with van der Waals surface area (Å²) in [6, 6.07) is 2.29. The van der Waals surface area contributed by atoms with Crippen LogP contribution in [0.1, 0.15) is 68.0 Å². The van der Waals surface area contributed by atoms with Crippen molar-refractivity contribution in [3.8, 4) is 0 Å². The standard InChI is InChI=1S/C31H44F3N7O/c1-6-9-24-26(38-14-16-40(17-15-38)28(42)8-3)20-41(24)25-18-27(36-30(23(25)7-2)31(32,33)34)39-12-10-22(11-13-39)29-21(4)19-35-37(29)5/h8,18-19,22,24,26H,3,6-7,9-17,20H2,1-2,4-5H3. The van der Waals surface area contributed by atoms with E-state index < -0.39 is 11.9 Å². The SMILES string of the molecule is C=CC(=O)N1CCN(C2CN(c3cc(N4CCC(c5c(C)cnn5C)CC4)nc(C(F)(F)F)c3CC)C2CCC)CC1. The summed E-state index contributed by atoms with van der Waals surface area (Å²) in [5.74, 6) is 0.702. The Morgan fingerprint density at radius 3 is 2.36 bits per heavy atom. The third-order valence-electron chi connectivity index (χ3n) is 9.48. The zero-order valence-electron chi connectivity index (χ0n) is 25.3. The molecular weight excluding hydrogens is 543 g/mol. The molecule has 3 aliphatic heterocycles. The van der Waals surface area contributed by atoms with Gasteiger partial charge in [0, 0.05) is 93.9 Å². The molecule has 11 heteroatoms. The van der Waals surface area contributed by atoms with Crippen molar-refractivity contribution in [1.82, 2.24) is 24.6 Å². The lowest BCUT2D eigenvalue weighted by Gasteiger charge is -2.56. The average molecular weight is 588 g/mol. The van der Waals surface area contributed by atoms with Gasteiger partial charge in [-0.25, -0.2) is 4.98 Å². The van der Waals surface area contributed by atoms with Gasteiger partial charge in [0.2, 0.25) is 5.91 Å². The fourth-order valence-corrected chi connectivity index (χ4v) is 7.28. The number of halogens is 3. The highest BCUT2D eigenvalue weighted by molar-refractivity contribution is 5.87. The van der Waals surface area contributed by atoms with Gasteiger partial charge in [-0.3, -0.25) is 14.4 Å². The Labute approximate surface area is 247 Å². The summed E-state index contributed by atoms with van der Waals surface area (Å²) >= 11 is 0. The highest BCUT2D eigenvalue weighted by Crippen LogP contribution is 2.43. The van der Waals surface area contributed by atoms with Gasteiger partial charge in [0.1, 0.15) is 5.82 Å². The molecule has 5 rings (SSSR count). The number of anilines is 2. The summed E-state index contributed by atoms with van der Waals surface area (Å²) in [6.07, 6.45) is 2.50. The van der Waals surface area contributed by atoms with Gasteiger partial charge < -0.3 is 14.7 Å². The quantitative estimate of drug-likeness (QED) is 0.415. The Balaban J connectivity index is 1.39. The minimum atomic E-state index is -4.53. The molecule has 3 saturated heterocycles. The van der Waals surface area contributed by atoms with Crippen LogP contribution in [-0.4, -0.2) is 88.4 Å². The topological polar surface area (TPSA) is 60.7 Å². The molecule has 230 valence electrons. The molecule has 0 aromatic carbocycles. The minimum Gasteiger partial charge on any atom is -0.365 e. The maximum absolute atomic E-state index is 14.5. The van der Waals surface area contributed by atoms with E-state index in [9.17, 15) is 18.0 Å². The Morgan fingerprint density at radius 1 is 1.12 bits per heavy atom. The monoisotopic (exact) mass is 587 g/mol. The van der Waals surface area contributed by atoms with Crippen molar-refractivity contribution in [2.45, 2.75) is 77.1 Å². The van der Waals surface area contributed by atoms with Gasteiger partial charge in [-0.05, 0) is 44.2 Å². The van der Waals surface area contributed by atoms with Crippen LogP contribution in [0.25, 0.3) is 0 Å². The van der Waals surface area contributed by atoms with Gasteiger partial charge in [-0.2, -0.15) is 18.3 Å². The molecule has 0 bridgehead atoms. The summed E-state index contributed by atoms with van der Waals surface area (Å²) in [5.41, 5.74) is 2.58. The molecule has 0 aliphatic carbocycles. The van der Waals surface area contributed by atoms with E-state index in [1.54, 1.807) is 6.92 Å². The minimum absolute atomic E-state index is 0.0499. The Bertz CT molecular complexity index is 1260. The number of hydrogen-bond donors (Lipinski definition) is 0. The molecule has 5 heterocycles. The number of piperazine rings is 1. The summed E-state index contributed by atoms with van der Waals surface area (Å²) < 4.78 is 45.3. The maximum Gasteiger partial charge on any atom is 0.433 e. The van der Waals surface area contributed by atoms with Crippen molar-refractivity contribution in [2.75, 3.05) is 55.6 Å². The molecule has 2 unspecified atom stereocenters. The molecule has 1 amide bonds. The van der Waals surface area contributed by atoms with Gasteiger partial charge in [0.15, 0.2) is 5.69 Å². The number of carbonyl (C=O) groups excluding carboxylic acids is 1. The van der Waals surface area contributed by atoms with Crippen molar-refractivity contribution in [3.63, 3.8) is 0 Å². The number of piperidine rings is 1.